The summed E-state index contributed by atoms with van der Waals surface area (Å²) in [5.74, 6) is 1.52. The van der Waals surface area contributed by atoms with E-state index >= 15 is 0 Å². The lowest BCUT2D eigenvalue weighted by molar-refractivity contribution is -0.127. The van der Waals surface area contributed by atoms with Crippen molar-refractivity contribution >= 4 is 33.6 Å². The molecule has 6 heteroatoms. The van der Waals surface area contributed by atoms with Crippen molar-refractivity contribution in [2.45, 2.75) is 24.6 Å². The molecule has 0 atom stereocenters. The van der Waals surface area contributed by atoms with Gasteiger partial charge in [-0.05, 0) is 54.0 Å². The molecule has 1 amide bonds. The van der Waals surface area contributed by atoms with Crippen LogP contribution in [0, 0.1) is 0 Å². The Labute approximate surface area is 126 Å². The number of rotatable bonds is 5. The number of nitrogens with zero attached hydrogens (tertiary/aromatic N) is 1. The highest BCUT2D eigenvalue weighted by Gasteiger charge is 2.17. The van der Waals surface area contributed by atoms with Crippen LogP contribution in [0.5, 0.6) is 0 Å². The average molecular weight is 347 g/mol. The first-order valence-corrected chi connectivity index (χ1v) is 8.30. The van der Waals surface area contributed by atoms with E-state index in [2.05, 4.69) is 21.2 Å². The Bertz CT molecular complexity index is 419. The third kappa shape index (κ3) is 4.85. The predicted molar refractivity (Wildman–Crippen MR) is 81.2 cm³/mol. The molecule has 2 heterocycles. The number of carbonyl (C=O) groups excluding carboxylic acids is 1. The van der Waals surface area contributed by atoms with Gasteiger partial charge in [-0.1, -0.05) is 0 Å². The lowest BCUT2D eigenvalue weighted by Gasteiger charge is -2.23. The molecule has 2 rings (SSSR count). The Morgan fingerprint density at radius 1 is 1.53 bits per heavy atom. The molecule has 1 aromatic rings. The van der Waals surface area contributed by atoms with Crippen molar-refractivity contribution in [1.82, 2.24) is 10.2 Å². The van der Waals surface area contributed by atoms with Gasteiger partial charge < -0.3 is 14.6 Å². The second-order valence-corrected chi connectivity index (χ2v) is 6.79. The molecule has 0 bridgehead atoms. The van der Waals surface area contributed by atoms with Crippen molar-refractivity contribution in [2.75, 3.05) is 25.9 Å². The maximum absolute atomic E-state index is 12.0. The van der Waals surface area contributed by atoms with Crippen LogP contribution in [0.25, 0.3) is 0 Å². The summed E-state index contributed by atoms with van der Waals surface area (Å²) < 4.78 is 6.11. The normalized spacial score (nSPS) is 16.5. The summed E-state index contributed by atoms with van der Waals surface area (Å²) in [6, 6.07) is 3.73. The molecule has 4 nitrogen and oxygen atoms in total. The van der Waals surface area contributed by atoms with Crippen LogP contribution in [0.1, 0.15) is 18.6 Å². The highest BCUT2D eigenvalue weighted by atomic mass is 79.9. The number of furan rings is 1. The summed E-state index contributed by atoms with van der Waals surface area (Å²) in [5.41, 5.74) is 0. The smallest absolute Gasteiger partial charge is 0.232 e. The highest BCUT2D eigenvalue weighted by molar-refractivity contribution is 9.10. The first-order chi connectivity index (χ1) is 9.15. The first kappa shape index (κ1) is 14.9. The van der Waals surface area contributed by atoms with Crippen LogP contribution in [0.3, 0.4) is 0 Å². The van der Waals surface area contributed by atoms with Crippen molar-refractivity contribution in [2.24, 2.45) is 0 Å². The van der Waals surface area contributed by atoms with Gasteiger partial charge in [0.1, 0.15) is 5.76 Å². The minimum atomic E-state index is 0.163. The van der Waals surface area contributed by atoms with Gasteiger partial charge in [0.15, 0.2) is 4.67 Å². The van der Waals surface area contributed by atoms with E-state index in [1.165, 1.54) is 0 Å². The van der Waals surface area contributed by atoms with Gasteiger partial charge in [0.25, 0.3) is 0 Å². The van der Waals surface area contributed by atoms with Gasteiger partial charge in [-0.2, -0.15) is 0 Å². The van der Waals surface area contributed by atoms with Crippen molar-refractivity contribution in [3.8, 4) is 0 Å². The van der Waals surface area contributed by atoms with Gasteiger partial charge in [0.2, 0.25) is 5.91 Å². The Morgan fingerprint density at radius 2 is 2.26 bits per heavy atom. The molecule has 1 aliphatic rings. The number of thioether (sulfide) groups is 1. The fraction of sp³-hybridized carbons (Fsp3) is 0.615. The van der Waals surface area contributed by atoms with Crippen molar-refractivity contribution in [3.63, 3.8) is 0 Å². The maximum Gasteiger partial charge on any atom is 0.232 e. The van der Waals surface area contributed by atoms with E-state index in [1.807, 2.05) is 19.2 Å². The van der Waals surface area contributed by atoms with Crippen LogP contribution in [0.2, 0.25) is 0 Å². The molecular formula is C13H19BrN2O2S. The third-order valence-corrected chi connectivity index (χ3v) is 4.96. The predicted octanol–water partition coefficient (Wildman–Crippen LogP) is 2.49. The molecule has 0 spiro atoms. The Balaban J connectivity index is 1.72. The molecule has 0 saturated carbocycles. The minimum Gasteiger partial charge on any atom is -0.452 e. The zero-order chi connectivity index (χ0) is 13.7. The van der Waals surface area contributed by atoms with Crippen molar-refractivity contribution in [1.29, 1.82) is 0 Å². The van der Waals surface area contributed by atoms with Crippen LogP contribution >= 0.6 is 27.7 Å². The molecule has 106 valence electrons. The average Bonchev–Trinajstić information content (AvgIpc) is 2.82. The van der Waals surface area contributed by atoms with E-state index in [-0.39, 0.29) is 5.91 Å². The van der Waals surface area contributed by atoms with Gasteiger partial charge >= 0.3 is 0 Å². The van der Waals surface area contributed by atoms with Crippen LogP contribution < -0.4 is 5.32 Å². The van der Waals surface area contributed by atoms with E-state index in [0.29, 0.717) is 22.2 Å². The van der Waals surface area contributed by atoms with E-state index in [0.717, 1.165) is 31.7 Å². The monoisotopic (exact) mass is 346 g/mol. The largest absolute Gasteiger partial charge is 0.452 e. The summed E-state index contributed by atoms with van der Waals surface area (Å²) in [5, 5.41) is 3.96. The summed E-state index contributed by atoms with van der Waals surface area (Å²) >= 11 is 5.04. The number of halogens is 1. The molecule has 1 aromatic heterocycles. The molecule has 0 unspecified atom stereocenters. The van der Waals surface area contributed by atoms with Gasteiger partial charge in [-0.15, -0.1) is 11.8 Å². The number of carbonyl (C=O) groups is 1. The van der Waals surface area contributed by atoms with Crippen molar-refractivity contribution in [3.05, 3.63) is 22.6 Å². The van der Waals surface area contributed by atoms with Gasteiger partial charge in [0, 0.05) is 12.3 Å². The standard InChI is InChI=1S/C13H19BrN2O2S/c1-16(8-10-2-3-12(14)18-10)13(17)9-19-11-4-6-15-7-5-11/h2-3,11,15H,4-9H2,1H3. The van der Waals surface area contributed by atoms with E-state index in [1.54, 1.807) is 16.7 Å². The number of amides is 1. The molecule has 0 aliphatic carbocycles. The number of piperidine rings is 1. The summed E-state index contributed by atoms with van der Waals surface area (Å²) in [4.78, 5) is 13.8. The second-order valence-electron chi connectivity index (χ2n) is 4.72. The quantitative estimate of drug-likeness (QED) is 0.889. The molecule has 1 aliphatic heterocycles. The summed E-state index contributed by atoms with van der Waals surface area (Å²) in [7, 11) is 1.82. The number of hydrogen-bond donors (Lipinski definition) is 1. The van der Waals surface area contributed by atoms with Crippen LogP contribution in [0.4, 0.5) is 0 Å². The number of nitrogens with one attached hydrogen (secondary N) is 1. The summed E-state index contributed by atoms with van der Waals surface area (Å²) in [6.07, 6.45) is 2.32. The lowest BCUT2D eigenvalue weighted by atomic mass is 10.2. The Morgan fingerprint density at radius 3 is 2.89 bits per heavy atom. The molecule has 1 N–H and O–H groups in total. The van der Waals surface area contributed by atoms with E-state index < -0.39 is 0 Å². The maximum atomic E-state index is 12.0. The molecule has 19 heavy (non-hydrogen) atoms. The zero-order valence-electron chi connectivity index (χ0n) is 11.0. The van der Waals surface area contributed by atoms with Crippen LogP contribution in [-0.2, 0) is 11.3 Å². The summed E-state index contributed by atoms with van der Waals surface area (Å²) in [6.45, 7) is 2.67. The minimum absolute atomic E-state index is 0.163. The van der Waals surface area contributed by atoms with E-state index in [4.69, 9.17) is 4.42 Å². The fourth-order valence-corrected chi connectivity index (χ4v) is 3.53. The Kier molecular flexibility index (Phi) is 5.78. The molecule has 1 fully saturated rings. The highest BCUT2D eigenvalue weighted by Crippen LogP contribution is 2.21. The fourth-order valence-electron chi connectivity index (χ4n) is 2.02. The Hall–Kier alpha value is -0.460. The van der Waals surface area contributed by atoms with Gasteiger partial charge in [-0.3, -0.25) is 4.79 Å². The zero-order valence-corrected chi connectivity index (χ0v) is 13.4. The lowest BCUT2D eigenvalue weighted by Crippen LogP contribution is -2.32. The SMILES string of the molecule is CN(Cc1ccc(Br)o1)C(=O)CSC1CCNCC1. The molecule has 0 radical (unpaired) electrons. The van der Waals surface area contributed by atoms with Crippen molar-refractivity contribution < 1.29 is 9.21 Å². The van der Waals surface area contributed by atoms with E-state index in [9.17, 15) is 4.79 Å². The first-order valence-electron chi connectivity index (χ1n) is 6.45. The third-order valence-electron chi connectivity index (χ3n) is 3.18. The molecular weight excluding hydrogens is 328 g/mol. The topological polar surface area (TPSA) is 45.5 Å². The molecule has 0 aromatic carbocycles. The van der Waals surface area contributed by atoms with Crippen LogP contribution in [-0.4, -0.2) is 41.9 Å². The van der Waals surface area contributed by atoms with Crippen LogP contribution in [0.15, 0.2) is 21.2 Å². The molecule has 1 saturated heterocycles. The second kappa shape index (κ2) is 7.36. The number of hydrogen-bond acceptors (Lipinski definition) is 4. The van der Waals surface area contributed by atoms with Gasteiger partial charge in [-0.25, -0.2) is 0 Å². The van der Waals surface area contributed by atoms with Gasteiger partial charge in [0.05, 0.1) is 12.3 Å².